The molecule has 0 amide bonds. The van der Waals surface area contributed by atoms with Gasteiger partial charge in [0.2, 0.25) is 0 Å². The summed E-state index contributed by atoms with van der Waals surface area (Å²) in [4.78, 5) is 4.78. The van der Waals surface area contributed by atoms with E-state index >= 15 is 0 Å². The van der Waals surface area contributed by atoms with Crippen LogP contribution in [0.3, 0.4) is 0 Å². The summed E-state index contributed by atoms with van der Waals surface area (Å²) in [6.07, 6.45) is 4.33. The normalized spacial score (nSPS) is 66.0. The van der Waals surface area contributed by atoms with E-state index in [0.29, 0.717) is 0 Å². The molecule has 3 N–H and O–H groups in total. The van der Waals surface area contributed by atoms with Crippen molar-refractivity contribution in [1.82, 2.24) is 0 Å². The molecule has 2 aliphatic heterocycles. The van der Waals surface area contributed by atoms with Crippen molar-refractivity contribution in [2.75, 3.05) is 0 Å². The molecule has 2 heterocycles. The molecule has 3 fully saturated rings. The van der Waals surface area contributed by atoms with E-state index in [9.17, 15) is 10.4 Å². The molecule has 4 aliphatic rings. The molecule has 2 aliphatic carbocycles. The molecule has 8 heteroatoms. The summed E-state index contributed by atoms with van der Waals surface area (Å²) in [6.45, 7) is 0. The van der Waals surface area contributed by atoms with Gasteiger partial charge in [-0.05, 0) is 0 Å². The van der Waals surface area contributed by atoms with E-state index in [4.69, 9.17) is 4.94 Å². The maximum absolute atomic E-state index is 11.7. The first-order valence-electron chi connectivity index (χ1n) is 5.06. The third-order valence-electron chi connectivity index (χ3n) is 4.01. The van der Waals surface area contributed by atoms with Crippen LogP contribution < -0.4 is 33.3 Å². The summed E-state index contributed by atoms with van der Waals surface area (Å²) < 4.78 is 6.00. The van der Waals surface area contributed by atoms with E-state index in [1.807, 2.05) is 0 Å². The second-order valence-electron chi connectivity index (χ2n) is 4.48. The van der Waals surface area contributed by atoms with Crippen molar-refractivity contribution in [2.24, 2.45) is 11.8 Å². The van der Waals surface area contributed by atoms with Crippen molar-refractivity contribution in [2.45, 2.75) is 15.6 Å². The number of nitrogens with one attached hydrogen (secondary N) is 3. The number of fused-ring (bicyclic) bond motifs is 3. The summed E-state index contributed by atoms with van der Waals surface area (Å²) in [5, 5.41) is 22.8. The summed E-state index contributed by atoms with van der Waals surface area (Å²) >= 11 is 0.0259. The minimum atomic E-state index is -0.274. The Hall–Kier alpha value is 0.830. The molecule has 4 rings (SSSR count). The van der Waals surface area contributed by atoms with Gasteiger partial charge >= 0.3 is 114 Å². The van der Waals surface area contributed by atoms with Gasteiger partial charge in [0, 0.05) is 0 Å². The van der Waals surface area contributed by atoms with Crippen LogP contribution in [0.1, 0.15) is 0 Å². The van der Waals surface area contributed by atoms with E-state index in [2.05, 4.69) is 16.7 Å². The molecule has 2 bridgehead atoms. The Morgan fingerprint density at radius 2 is 1.81 bits per heavy atom. The number of quaternary nitrogens is 3. The molecule has 6 nitrogen and oxygen atoms in total. The van der Waals surface area contributed by atoms with Crippen LogP contribution in [0.5, 0.6) is 0 Å². The van der Waals surface area contributed by atoms with E-state index in [0.717, 1.165) is 0 Å². The van der Waals surface area contributed by atoms with Crippen LogP contribution in [-0.4, -0.2) is 20.1 Å². The number of rotatable bonds is 1. The van der Waals surface area contributed by atoms with E-state index in [1.165, 1.54) is 0 Å². The topological polar surface area (TPSA) is 68.7 Å². The third kappa shape index (κ3) is 1.02. The zero-order valence-electron chi connectivity index (χ0n) is 8.15. The molecule has 7 unspecified atom stereocenters. The van der Waals surface area contributed by atoms with Crippen LogP contribution in [0.2, 0.25) is 0 Å². The monoisotopic (exact) mass is 451 g/mol. The number of hydrogen-bond donors (Lipinski definition) is 3. The van der Waals surface area contributed by atoms with Crippen LogP contribution in [0.15, 0.2) is 12.2 Å². The Balaban J connectivity index is 1.77. The number of hydroxylamine groups is 4. The van der Waals surface area contributed by atoms with Crippen molar-refractivity contribution in [1.29, 1.82) is 0 Å². The quantitative estimate of drug-likeness (QED) is 0.0707. The molecule has 1 spiro atoms. The van der Waals surface area contributed by atoms with E-state index in [-0.39, 0.29) is 80.4 Å². The Labute approximate surface area is 113 Å². The van der Waals surface area contributed by atoms with Gasteiger partial charge in [-0.3, -0.25) is 0 Å². The van der Waals surface area contributed by atoms with Crippen LogP contribution in [0, 0.1) is 22.3 Å². The first kappa shape index (κ1) is 10.7. The van der Waals surface area contributed by atoms with Crippen LogP contribution >= 0.6 is 21.0 Å². The Morgan fingerprint density at radius 3 is 2.25 bits per heavy atom. The van der Waals surface area contributed by atoms with Gasteiger partial charge in [0.05, 0.1) is 0 Å². The predicted molar refractivity (Wildman–Crippen MR) is 58.3 cm³/mol. The van der Waals surface area contributed by atoms with Gasteiger partial charge in [0.15, 0.2) is 0 Å². The zero-order valence-corrected chi connectivity index (χ0v) is 12.5. The van der Waals surface area contributed by atoms with Crippen molar-refractivity contribution in [3.05, 3.63) is 22.6 Å². The minimum absolute atomic E-state index is 0.0550. The van der Waals surface area contributed by atoms with Crippen LogP contribution in [-0.2, 0) is 4.94 Å². The SMILES string of the molecule is C=I[NH+]1[I-]C12C1C=CC2C2C1[NH+]([O-])O[NH+]2[O-]. The molecule has 0 aromatic heterocycles. The second kappa shape index (κ2) is 3.23. The molecule has 90 valence electrons. The fourth-order valence-electron chi connectivity index (χ4n) is 3.39. The van der Waals surface area contributed by atoms with Gasteiger partial charge in [-0.1, -0.05) is 0 Å². The average Bonchev–Trinajstić information content (AvgIpc) is 2.68. The molecular formula is C8H11I2N3O3. The predicted octanol–water partition coefficient (Wildman–Crippen LogP) is -6.92. The van der Waals surface area contributed by atoms with Gasteiger partial charge in [-0.25, -0.2) is 0 Å². The van der Waals surface area contributed by atoms with Crippen molar-refractivity contribution >= 4 is 25.5 Å². The average molecular weight is 451 g/mol. The molecule has 1 saturated carbocycles. The summed E-state index contributed by atoms with van der Waals surface area (Å²) in [6, 6.07) is -0.314. The van der Waals surface area contributed by atoms with Crippen molar-refractivity contribution in [3.8, 4) is 0 Å². The molecule has 16 heavy (non-hydrogen) atoms. The number of hydrogen-bond acceptors (Lipinski definition) is 3. The fraction of sp³-hybridized carbons (Fsp3) is 0.625. The van der Waals surface area contributed by atoms with Crippen molar-refractivity contribution < 1.29 is 38.2 Å². The Morgan fingerprint density at radius 1 is 1.25 bits per heavy atom. The Kier molecular flexibility index (Phi) is 2.17. The van der Waals surface area contributed by atoms with Gasteiger partial charge in [-0.2, -0.15) is 0 Å². The molecule has 7 atom stereocenters. The van der Waals surface area contributed by atoms with Gasteiger partial charge in [-0.15, -0.1) is 0 Å². The zero-order chi connectivity index (χ0) is 11.1. The van der Waals surface area contributed by atoms with E-state index < -0.39 is 0 Å². The first-order valence-corrected chi connectivity index (χ1v) is 9.82. The van der Waals surface area contributed by atoms with E-state index in [1.54, 1.807) is 1.33 Å². The van der Waals surface area contributed by atoms with Crippen LogP contribution in [0.4, 0.5) is 0 Å². The second-order valence-corrected chi connectivity index (χ2v) is 11.8. The molecular weight excluding hydrogens is 440 g/mol. The van der Waals surface area contributed by atoms with Gasteiger partial charge in [0.25, 0.3) is 0 Å². The van der Waals surface area contributed by atoms with Gasteiger partial charge in [0.1, 0.15) is 0 Å². The fourth-order valence-corrected chi connectivity index (χ4v) is 12.3. The summed E-state index contributed by atoms with van der Waals surface area (Å²) in [5.74, 6) is 0.566. The molecule has 2 saturated heterocycles. The number of alkyl halides is 1. The van der Waals surface area contributed by atoms with Gasteiger partial charge < -0.3 is 0 Å². The van der Waals surface area contributed by atoms with Crippen molar-refractivity contribution in [3.63, 3.8) is 0 Å². The maximum atomic E-state index is 11.7. The Bertz CT molecular complexity index is 382. The van der Waals surface area contributed by atoms with Crippen LogP contribution in [0.25, 0.3) is 0 Å². The third-order valence-corrected chi connectivity index (χ3v) is 13.6. The standard InChI is InChI=1S/C8H11I2N3O3/c1-9-13-8(10-13)4-2-3-5(8)7-6(4)11(14)16-12(7)15/h2-7,11-13H,1H2. The molecule has 0 aromatic rings. The molecule has 0 aromatic carbocycles. The molecule has 0 radical (unpaired) electrons. The summed E-state index contributed by atoms with van der Waals surface area (Å²) in [7, 11) is 0. The number of halogens is 2. The first-order chi connectivity index (χ1) is 7.70. The summed E-state index contributed by atoms with van der Waals surface area (Å²) in [5.41, 5.74) is 0.